The molecule has 3 rings (SSSR count). The second-order valence-corrected chi connectivity index (χ2v) is 8.93. The first-order valence-electron chi connectivity index (χ1n) is 8.09. The zero-order chi connectivity index (χ0) is 21.2. The number of fused-ring (bicyclic) bond motifs is 1. The first kappa shape index (κ1) is 20.9. The van der Waals surface area contributed by atoms with Gasteiger partial charge in [-0.05, 0) is 35.2 Å². The van der Waals surface area contributed by atoms with Gasteiger partial charge in [-0.15, -0.1) is 24.5 Å². The number of thiophene rings is 1. The highest BCUT2D eigenvalue weighted by atomic mass is 32.2. The largest absolute Gasteiger partial charge is 0.573 e. The predicted molar refractivity (Wildman–Crippen MR) is 103 cm³/mol. The summed E-state index contributed by atoms with van der Waals surface area (Å²) in [5, 5.41) is 10.1. The third kappa shape index (κ3) is 5.39. The van der Waals surface area contributed by atoms with E-state index < -0.39 is 33.9 Å². The van der Waals surface area contributed by atoms with Crippen LogP contribution in [0.25, 0.3) is 10.1 Å². The van der Waals surface area contributed by atoms with Crippen LogP contribution in [0.2, 0.25) is 0 Å². The number of ether oxygens (including phenoxy) is 1. The Morgan fingerprint density at radius 3 is 2.34 bits per heavy atom. The molecular weight excluding hydrogens is 431 g/mol. The van der Waals surface area contributed by atoms with Crippen LogP contribution in [-0.4, -0.2) is 31.6 Å². The molecule has 2 aromatic carbocycles. The molecule has 154 valence electrons. The smallest absolute Gasteiger partial charge is 0.480 e. The maximum Gasteiger partial charge on any atom is 0.573 e. The van der Waals surface area contributed by atoms with E-state index in [1.54, 1.807) is 30.3 Å². The Bertz CT molecular complexity index is 1090. The molecule has 29 heavy (non-hydrogen) atoms. The van der Waals surface area contributed by atoms with Crippen LogP contribution < -0.4 is 9.04 Å². The van der Waals surface area contributed by atoms with Crippen molar-refractivity contribution in [3.63, 3.8) is 0 Å². The van der Waals surface area contributed by atoms with E-state index in [-0.39, 0.29) is 6.54 Å². The topological polar surface area (TPSA) is 83.9 Å². The van der Waals surface area contributed by atoms with E-state index in [1.807, 2.05) is 0 Å². The van der Waals surface area contributed by atoms with Crippen LogP contribution >= 0.6 is 11.3 Å². The van der Waals surface area contributed by atoms with Crippen LogP contribution in [0, 0.1) is 0 Å². The van der Waals surface area contributed by atoms with Crippen molar-refractivity contribution in [3.05, 3.63) is 60.2 Å². The maximum absolute atomic E-state index is 12.7. The van der Waals surface area contributed by atoms with Gasteiger partial charge in [0.1, 0.15) is 10.8 Å². The standard InChI is InChI=1S/C18H14F3NO5S2/c19-18(20,21)27-14-7-5-12(6-8-14)10-22(29(25,26)11-17(23)24)16-9-13-3-1-2-4-15(13)28-16/h1-9H,10-11H2,(H,23,24). The summed E-state index contributed by atoms with van der Waals surface area (Å²) < 4.78 is 67.7. The fraction of sp³-hybridized carbons (Fsp3) is 0.167. The Labute approximate surface area is 167 Å². The van der Waals surface area contributed by atoms with Crippen molar-refractivity contribution in [2.24, 2.45) is 0 Å². The van der Waals surface area contributed by atoms with Crippen LogP contribution in [0.4, 0.5) is 18.2 Å². The van der Waals surface area contributed by atoms with E-state index in [4.69, 9.17) is 5.11 Å². The molecule has 0 atom stereocenters. The Morgan fingerprint density at radius 2 is 1.76 bits per heavy atom. The number of rotatable bonds is 7. The van der Waals surface area contributed by atoms with Crippen molar-refractivity contribution in [1.29, 1.82) is 0 Å². The molecule has 0 saturated heterocycles. The van der Waals surface area contributed by atoms with E-state index in [1.165, 1.54) is 23.5 Å². The molecule has 0 aliphatic rings. The number of carbonyl (C=O) groups is 1. The zero-order valence-electron chi connectivity index (χ0n) is 14.6. The number of hydrogen-bond acceptors (Lipinski definition) is 5. The number of halogens is 3. The number of alkyl halides is 3. The average Bonchev–Trinajstić information content (AvgIpc) is 3.02. The summed E-state index contributed by atoms with van der Waals surface area (Å²) in [7, 11) is -4.23. The van der Waals surface area contributed by atoms with Crippen molar-refractivity contribution in [1.82, 2.24) is 0 Å². The normalized spacial score (nSPS) is 12.1. The Hall–Kier alpha value is -2.79. The SMILES string of the molecule is O=C(O)CS(=O)(=O)N(Cc1ccc(OC(F)(F)F)cc1)c1cc2ccccc2s1. The molecule has 0 aliphatic carbocycles. The van der Waals surface area contributed by atoms with Gasteiger partial charge in [-0.1, -0.05) is 30.3 Å². The Morgan fingerprint density at radius 1 is 1.10 bits per heavy atom. The highest BCUT2D eigenvalue weighted by Gasteiger charge is 2.31. The summed E-state index contributed by atoms with van der Waals surface area (Å²) in [6.45, 7) is -0.241. The molecule has 0 fully saturated rings. The first-order valence-corrected chi connectivity index (χ1v) is 10.5. The molecule has 0 amide bonds. The summed E-state index contributed by atoms with van der Waals surface area (Å²) >= 11 is 1.17. The lowest BCUT2D eigenvalue weighted by atomic mass is 10.2. The molecule has 0 spiro atoms. The summed E-state index contributed by atoms with van der Waals surface area (Å²) in [6.07, 6.45) is -4.84. The molecule has 0 unspecified atom stereocenters. The van der Waals surface area contributed by atoms with Gasteiger partial charge in [0.2, 0.25) is 10.0 Å². The lowest BCUT2D eigenvalue weighted by Crippen LogP contribution is -2.34. The Balaban J connectivity index is 1.94. The average molecular weight is 445 g/mol. The second kappa shape index (κ2) is 7.91. The fourth-order valence-electron chi connectivity index (χ4n) is 2.60. The maximum atomic E-state index is 12.7. The van der Waals surface area contributed by atoms with Crippen LogP contribution in [0.5, 0.6) is 5.75 Å². The quantitative estimate of drug-likeness (QED) is 0.589. The molecular formula is C18H14F3NO5S2. The number of carboxylic acids is 1. The van der Waals surface area contributed by atoms with E-state index in [2.05, 4.69) is 4.74 Å². The minimum atomic E-state index is -4.84. The van der Waals surface area contributed by atoms with E-state index in [0.717, 1.165) is 26.5 Å². The summed E-state index contributed by atoms with van der Waals surface area (Å²) in [5.41, 5.74) is 0.367. The first-order chi connectivity index (χ1) is 13.5. The fourth-order valence-corrected chi connectivity index (χ4v) is 5.16. The highest BCUT2D eigenvalue weighted by molar-refractivity contribution is 7.93. The van der Waals surface area contributed by atoms with Gasteiger partial charge in [0.15, 0.2) is 5.75 Å². The van der Waals surface area contributed by atoms with E-state index in [9.17, 15) is 26.4 Å². The van der Waals surface area contributed by atoms with E-state index >= 15 is 0 Å². The Kier molecular flexibility index (Phi) is 5.71. The van der Waals surface area contributed by atoms with Gasteiger partial charge in [-0.3, -0.25) is 9.10 Å². The number of benzene rings is 2. The number of aliphatic carboxylic acids is 1. The molecule has 0 aliphatic heterocycles. The van der Waals surface area contributed by atoms with Gasteiger partial charge in [-0.2, -0.15) is 0 Å². The number of sulfonamides is 1. The van der Waals surface area contributed by atoms with Crippen molar-refractivity contribution in [2.45, 2.75) is 12.9 Å². The molecule has 1 aromatic heterocycles. The lowest BCUT2D eigenvalue weighted by Gasteiger charge is -2.22. The third-order valence-corrected chi connectivity index (χ3v) is 6.65. The van der Waals surface area contributed by atoms with Gasteiger partial charge < -0.3 is 9.84 Å². The van der Waals surface area contributed by atoms with Gasteiger partial charge in [0.25, 0.3) is 0 Å². The number of hydrogen-bond donors (Lipinski definition) is 1. The van der Waals surface area contributed by atoms with Crippen molar-refractivity contribution in [3.8, 4) is 5.75 Å². The molecule has 1 heterocycles. The molecule has 3 aromatic rings. The van der Waals surface area contributed by atoms with E-state index in [0.29, 0.717) is 10.6 Å². The minimum absolute atomic E-state index is 0.241. The molecule has 6 nitrogen and oxygen atoms in total. The van der Waals surface area contributed by atoms with Crippen LogP contribution in [0.1, 0.15) is 5.56 Å². The molecule has 0 saturated carbocycles. The number of anilines is 1. The van der Waals surface area contributed by atoms with Gasteiger partial charge in [0.05, 0.1) is 6.54 Å². The molecule has 1 N–H and O–H groups in total. The lowest BCUT2D eigenvalue weighted by molar-refractivity contribution is -0.274. The van der Waals surface area contributed by atoms with Crippen molar-refractivity contribution >= 4 is 42.4 Å². The van der Waals surface area contributed by atoms with Gasteiger partial charge in [-0.25, -0.2) is 8.42 Å². The number of nitrogens with zero attached hydrogens (tertiary/aromatic N) is 1. The highest BCUT2D eigenvalue weighted by Crippen LogP contribution is 2.35. The summed E-state index contributed by atoms with van der Waals surface area (Å²) in [4.78, 5) is 11.0. The van der Waals surface area contributed by atoms with Crippen LogP contribution in [-0.2, 0) is 21.4 Å². The summed E-state index contributed by atoms with van der Waals surface area (Å²) in [5.74, 6) is -3.07. The molecule has 0 radical (unpaired) electrons. The second-order valence-electron chi connectivity index (χ2n) is 5.97. The van der Waals surface area contributed by atoms with Crippen molar-refractivity contribution in [2.75, 3.05) is 10.1 Å². The van der Waals surface area contributed by atoms with Crippen LogP contribution in [0.3, 0.4) is 0 Å². The number of carboxylic acid groups (broad SMARTS) is 1. The molecule has 0 bridgehead atoms. The van der Waals surface area contributed by atoms with Gasteiger partial charge >= 0.3 is 12.3 Å². The van der Waals surface area contributed by atoms with Crippen molar-refractivity contribution < 1.29 is 36.2 Å². The molecule has 11 heteroatoms. The minimum Gasteiger partial charge on any atom is -0.480 e. The predicted octanol–water partition coefficient (Wildman–Crippen LogP) is 4.22. The third-order valence-electron chi connectivity index (χ3n) is 3.78. The summed E-state index contributed by atoms with van der Waals surface area (Å²) in [6, 6.07) is 13.5. The van der Waals surface area contributed by atoms with Crippen LogP contribution in [0.15, 0.2) is 54.6 Å². The monoisotopic (exact) mass is 445 g/mol. The van der Waals surface area contributed by atoms with Gasteiger partial charge in [0, 0.05) is 4.70 Å². The zero-order valence-corrected chi connectivity index (χ0v) is 16.2.